The number of nitrogens with zero attached hydrogens (tertiary/aromatic N) is 3. The molecule has 0 spiro atoms. The average molecular weight is 508 g/mol. The predicted molar refractivity (Wildman–Crippen MR) is 130 cm³/mol. The number of aryl methyl sites for hydroxylation is 1. The van der Waals surface area contributed by atoms with Crippen molar-refractivity contribution in [2.45, 2.75) is 40.2 Å². The summed E-state index contributed by atoms with van der Waals surface area (Å²) in [4.78, 5) is 12.3. The molecule has 1 fully saturated rings. The fraction of sp³-hybridized carbons (Fsp3) is 0.750. The molecule has 0 aliphatic carbocycles. The molecular formula is C20H38IN5S. The molecular weight excluding hydrogens is 469 g/mol. The van der Waals surface area contributed by atoms with Gasteiger partial charge in [0.1, 0.15) is 0 Å². The van der Waals surface area contributed by atoms with Gasteiger partial charge in [0.15, 0.2) is 5.96 Å². The fourth-order valence-corrected chi connectivity index (χ4v) is 4.46. The van der Waals surface area contributed by atoms with Gasteiger partial charge in [-0.2, -0.15) is 0 Å². The number of hydrogen-bond donors (Lipinski definition) is 2. The van der Waals surface area contributed by atoms with Crippen molar-refractivity contribution >= 4 is 41.3 Å². The Kier molecular flexibility index (Phi) is 11.8. The fourth-order valence-electron chi connectivity index (χ4n) is 3.44. The first-order chi connectivity index (χ1) is 12.5. The van der Waals surface area contributed by atoms with Gasteiger partial charge in [-0.3, -0.25) is 4.99 Å². The van der Waals surface area contributed by atoms with Crippen LogP contribution in [0, 0.1) is 12.8 Å². The zero-order chi connectivity index (χ0) is 18.9. The van der Waals surface area contributed by atoms with Gasteiger partial charge in [0, 0.05) is 68.5 Å². The lowest BCUT2D eigenvalue weighted by Crippen LogP contribution is -2.49. The molecule has 0 amide bonds. The van der Waals surface area contributed by atoms with Crippen LogP contribution in [0.5, 0.6) is 0 Å². The number of thiophene rings is 1. The zero-order valence-electron chi connectivity index (χ0n) is 17.6. The summed E-state index contributed by atoms with van der Waals surface area (Å²) in [6.45, 7) is 17.1. The third-order valence-corrected chi connectivity index (χ3v) is 6.03. The molecule has 2 heterocycles. The quantitative estimate of drug-likeness (QED) is 0.323. The maximum absolute atomic E-state index is 4.39. The number of likely N-dealkylation sites (N-methyl/N-ethyl adjacent to an activating group) is 1. The van der Waals surface area contributed by atoms with Gasteiger partial charge in [-0.25, -0.2) is 0 Å². The van der Waals surface area contributed by atoms with Crippen molar-refractivity contribution in [3.8, 4) is 0 Å². The minimum Gasteiger partial charge on any atom is -0.356 e. The lowest BCUT2D eigenvalue weighted by atomic mass is 10.1. The topological polar surface area (TPSA) is 42.9 Å². The number of nitrogens with one attached hydrogen (secondary N) is 2. The number of piperazine rings is 1. The van der Waals surface area contributed by atoms with Crippen molar-refractivity contribution in [3.05, 3.63) is 21.9 Å². The van der Waals surface area contributed by atoms with Gasteiger partial charge in [-0.05, 0) is 38.4 Å². The highest BCUT2D eigenvalue weighted by atomic mass is 127. The minimum atomic E-state index is 0. The lowest BCUT2D eigenvalue weighted by molar-refractivity contribution is 0.124. The molecule has 0 bridgehead atoms. The van der Waals surface area contributed by atoms with E-state index in [-0.39, 0.29) is 24.0 Å². The molecule has 1 aromatic heterocycles. The van der Waals surface area contributed by atoms with E-state index in [1.807, 2.05) is 18.4 Å². The lowest BCUT2D eigenvalue weighted by Gasteiger charge is -2.35. The smallest absolute Gasteiger partial charge is 0.191 e. The molecule has 1 aliphatic heterocycles. The molecule has 2 atom stereocenters. The highest BCUT2D eigenvalue weighted by Crippen LogP contribution is 2.16. The molecule has 2 rings (SSSR count). The summed E-state index contributed by atoms with van der Waals surface area (Å²) in [5.41, 5.74) is 0. The second kappa shape index (κ2) is 13.0. The van der Waals surface area contributed by atoms with E-state index in [1.54, 1.807) is 0 Å². The third-order valence-electron chi connectivity index (χ3n) is 5.01. The molecule has 0 radical (unpaired) electrons. The number of aliphatic imine (C=N–C) groups is 1. The highest BCUT2D eigenvalue weighted by molar-refractivity contribution is 14.0. The summed E-state index contributed by atoms with van der Waals surface area (Å²) in [6, 6.07) is 4.80. The first kappa shape index (κ1) is 24.7. The number of hydrogen-bond acceptors (Lipinski definition) is 4. The van der Waals surface area contributed by atoms with E-state index >= 15 is 0 Å². The second-order valence-electron chi connectivity index (χ2n) is 7.56. The summed E-state index contributed by atoms with van der Waals surface area (Å²) in [7, 11) is 1.85. The molecule has 5 nitrogen and oxygen atoms in total. The summed E-state index contributed by atoms with van der Waals surface area (Å²) >= 11 is 1.88. The van der Waals surface area contributed by atoms with Crippen LogP contribution in [0.3, 0.4) is 0 Å². The van der Waals surface area contributed by atoms with Crippen LogP contribution in [-0.4, -0.2) is 74.7 Å². The van der Waals surface area contributed by atoms with Crippen molar-refractivity contribution in [1.82, 2.24) is 20.4 Å². The molecule has 0 saturated carbocycles. The van der Waals surface area contributed by atoms with E-state index in [2.05, 4.69) is 65.3 Å². The minimum absolute atomic E-state index is 0. The van der Waals surface area contributed by atoms with Crippen LogP contribution >= 0.6 is 35.3 Å². The van der Waals surface area contributed by atoms with Crippen LogP contribution < -0.4 is 10.6 Å². The predicted octanol–water partition coefficient (Wildman–Crippen LogP) is 3.04. The van der Waals surface area contributed by atoms with Crippen LogP contribution in [0.4, 0.5) is 0 Å². The van der Waals surface area contributed by atoms with Crippen LogP contribution in [-0.2, 0) is 6.42 Å². The molecule has 1 aliphatic rings. The molecule has 1 saturated heterocycles. The van der Waals surface area contributed by atoms with Gasteiger partial charge in [0.2, 0.25) is 0 Å². The van der Waals surface area contributed by atoms with Crippen molar-refractivity contribution in [3.63, 3.8) is 0 Å². The average Bonchev–Trinajstić information content (AvgIpc) is 3.03. The molecule has 7 heteroatoms. The van der Waals surface area contributed by atoms with E-state index in [1.165, 1.54) is 42.5 Å². The molecule has 156 valence electrons. The van der Waals surface area contributed by atoms with E-state index in [0.717, 1.165) is 25.5 Å². The standard InChI is InChI=1S/C20H37N5S.HI/c1-6-24-9-11-25(12-10-24)15-16(2)14-22-20(21-5)23-17(3)13-19-8-7-18(4)26-19;/h7-8,16-17H,6,9-15H2,1-5H3,(H2,21,22,23);1H. The van der Waals surface area contributed by atoms with Gasteiger partial charge in [0.25, 0.3) is 0 Å². The van der Waals surface area contributed by atoms with Gasteiger partial charge >= 0.3 is 0 Å². The van der Waals surface area contributed by atoms with Crippen LogP contribution in [0.1, 0.15) is 30.5 Å². The van der Waals surface area contributed by atoms with Crippen molar-refractivity contribution < 1.29 is 0 Å². The Balaban J connectivity index is 0.00000364. The van der Waals surface area contributed by atoms with E-state index in [0.29, 0.717) is 12.0 Å². The maximum atomic E-state index is 4.39. The number of halogens is 1. The Labute approximate surface area is 187 Å². The number of rotatable bonds is 8. The molecule has 0 aromatic carbocycles. The summed E-state index contributed by atoms with van der Waals surface area (Å²) < 4.78 is 0. The van der Waals surface area contributed by atoms with Gasteiger partial charge < -0.3 is 20.4 Å². The summed E-state index contributed by atoms with van der Waals surface area (Å²) in [6.07, 6.45) is 1.04. The molecule has 2 N–H and O–H groups in total. The zero-order valence-corrected chi connectivity index (χ0v) is 20.8. The van der Waals surface area contributed by atoms with Gasteiger partial charge in [0.05, 0.1) is 0 Å². The van der Waals surface area contributed by atoms with Gasteiger partial charge in [-0.15, -0.1) is 35.3 Å². The Morgan fingerprint density at radius 1 is 1.19 bits per heavy atom. The maximum Gasteiger partial charge on any atom is 0.191 e. The van der Waals surface area contributed by atoms with Crippen molar-refractivity contribution in [2.75, 3.05) is 52.9 Å². The summed E-state index contributed by atoms with van der Waals surface area (Å²) in [5, 5.41) is 7.03. The van der Waals surface area contributed by atoms with Crippen molar-refractivity contribution in [2.24, 2.45) is 10.9 Å². The second-order valence-corrected chi connectivity index (χ2v) is 8.93. The van der Waals surface area contributed by atoms with E-state index < -0.39 is 0 Å². The Morgan fingerprint density at radius 3 is 2.41 bits per heavy atom. The SMILES string of the molecule is CCN1CCN(CC(C)CNC(=NC)NC(C)Cc2ccc(C)s2)CC1.I. The third kappa shape index (κ3) is 9.11. The number of guanidine groups is 1. The van der Waals surface area contributed by atoms with E-state index in [4.69, 9.17) is 0 Å². The highest BCUT2D eigenvalue weighted by Gasteiger charge is 2.17. The van der Waals surface area contributed by atoms with Crippen LogP contribution in [0.2, 0.25) is 0 Å². The summed E-state index contributed by atoms with van der Waals surface area (Å²) in [5.74, 6) is 1.52. The van der Waals surface area contributed by atoms with E-state index in [9.17, 15) is 0 Å². The van der Waals surface area contributed by atoms with Crippen LogP contribution in [0.25, 0.3) is 0 Å². The normalized spacial score (nSPS) is 18.6. The Bertz CT molecular complexity index is 554. The van der Waals surface area contributed by atoms with Gasteiger partial charge in [-0.1, -0.05) is 13.8 Å². The monoisotopic (exact) mass is 507 g/mol. The first-order valence-electron chi connectivity index (χ1n) is 9.97. The largest absolute Gasteiger partial charge is 0.356 e. The first-order valence-corrected chi connectivity index (χ1v) is 10.8. The molecule has 27 heavy (non-hydrogen) atoms. The Hall–Kier alpha value is -0.380. The molecule has 2 unspecified atom stereocenters. The molecule has 1 aromatic rings. The Morgan fingerprint density at radius 2 is 1.85 bits per heavy atom. The van der Waals surface area contributed by atoms with Crippen LogP contribution in [0.15, 0.2) is 17.1 Å². The van der Waals surface area contributed by atoms with Crippen molar-refractivity contribution in [1.29, 1.82) is 0 Å².